The van der Waals surface area contributed by atoms with Gasteiger partial charge in [0, 0.05) is 18.8 Å². The first-order chi connectivity index (χ1) is 12.8. The number of piperidine rings is 1. The van der Waals surface area contributed by atoms with Gasteiger partial charge in [-0.1, -0.05) is 18.2 Å². The van der Waals surface area contributed by atoms with Crippen molar-refractivity contribution in [3.8, 4) is 0 Å². The summed E-state index contributed by atoms with van der Waals surface area (Å²) in [6.07, 6.45) is 1.23. The zero-order chi connectivity index (χ0) is 19.6. The maximum absolute atomic E-state index is 13.1. The Morgan fingerprint density at radius 3 is 2.37 bits per heavy atom. The van der Waals surface area contributed by atoms with Crippen molar-refractivity contribution in [2.45, 2.75) is 31.6 Å². The number of nitrogens with one attached hydrogen (secondary N) is 1. The van der Waals surface area contributed by atoms with E-state index >= 15 is 0 Å². The van der Waals surface area contributed by atoms with Gasteiger partial charge in [0.25, 0.3) is 0 Å². The highest BCUT2D eigenvalue weighted by atomic mass is 32.2. The number of anilines is 1. The summed E-state index contributed by atoms with van der Waals surface area (Å²) in [4.78, 5) is 12.8. The molecule has 1 fully saturated rings. The van der Waals surface area contributed by atoms with Gasteiger partial charge in [0.2, 0.25) is 15.9 Å². The number of hydrogen-bond acceptors (Lipinski definition) is 3. The van der Waals surface area contributed by atoms with Crippen LogP contribution in [0.2, 0.25) is 0 Å². The van der Waals surface area contributed by atoms with Crippen LogP contribution in [-0.2, 0) is 14.8 Å². The molecule has 7 heteroatoms. The van der Waals surface area contributed by atoms with Gasteiger partial charge in [-0.25, -0.2) is 12.8 Å². The second kappa shape index (κ2) is 7.78. The first-order valence-electron chi connectivity index (χ1n) is 8.92. The quantitative estimate of drug-likeness (QED) is 0.869. The average molecular weight is 390 g/mol. The summed E-state index contributed by atoms with van der Waals surface area (Å²) in [5, 5.41) is 2.96. The Bertz CT molecular complexity index is 922. The van der Waals surface area contributed by atoms with Gasteiger partial charge < -0.3 is 5.32 Å². The summed E-state index contributed by atoms with van der Waals surface area (Å²) in [7, 11) is -3.75. The molecule has 27 heavy (non-hydrogen) atoms. The van der Waals surface area contributed by atoms with E-state index in [1.807, 2.05) is 32.0 Å². The summed E-state index contributed by atoms with van der Waals surface area (Å²) in [6.45, 7) is 4.33. The number of hydrogen-bond donors (Lipinski definition) is 1. The minimum Gasteiger partial charge on any atom is -0.325 e. The first kappa shape index (κ1) is 19.5. The number of sulfonamides is 1. The molecule has 5 nitrogen and oxygen atoms in total. The molecule has 1 unspecified atom stereocenters. The van der Waals surface area contributed by atoms with Crippen LogP contribution < -0.4 is 5.32 Å². The summed E-state index contributed by atoms with van der Waals surface area (Å²) < 4.78 is 40.0. The van der Waals surface area contributed by atoms with Gasteiger partial charge in [-0.2, -0.15) is 4.31 Å². The van der Waals surface area contributed by atoms with Crippen molar-refractivity contribution in [1.29, 1.82) is 0 Å². The second-order valence-corrected chi connectivity index (χ2v) is 8.85. The molecule has 0 saturated carbocycles. The number of carbonyl (C=O) groups excluding carboxylic acids is 1. The Morgan fingerprint density at radius 1 is 1.11 bits per heavy atom. The van der Waals surface area contributed by atoms with Gasteiger partial charge in [-0.05, 0) is 62.1 Å². The molecule has 0 aromatic heterocycles. The monoisotopic (exact) mass is 390 g/mol. The highest BCUT2D eigenvalue weighted by molar-refractivity contribution is 7.89. The minimum absolute atomic E-state index is 0.0414. The summed E-state index contributed by atoms with van der Waals surface area (Å²) in [5.74, 6) is -1.09. The lowest BCUT2D eigenvalue weighted by atomic mass is 9.98. The van der Waals surface area contributed by atoms with E-state index in [1.165, 1.54) is 16.4 Å². The molecule has 1 aliphatic heterocycles. The van der Waals surface area contributed by atoms with Crippen LogP contribution in [0.15, 0.2) is 47.4 Å². The zero-order valence-corrected chi connectivity index (χ0v) is 16.2. The lowest BCUT2D eigenvalue weighted by molar-refractivity contribution is -0.120. The highest BCUT2D eigenvalue weighted by Gasteiger charge is 2.33. The summed E-state index contributed by atoms with van der Waals surface area (Å²) >= 11 is 0. The fourth-order valence-corrected chi connectivity index (χ4v) is 4.89. The Kier molecular flexibility index (Phi) is 5.62. The number of rotatable bonds is 4. The lowest BCUT2D eigenvalue weighted by Gasteiger charge is -2.31. The third kappa shape index (κ3) is 4.20. The van der Waals surface area contributed by atoms with E-state index in [0.717, 1.165) is 28.9 Å². The van der Waals surface area contributed by atoms with E-state index in [9.17, 15) is 17.6 Å². The SMILES string of the molecule is Cc1cccc(C)c1NC(=O)C1CCCN(S(=O)(=O)c2ccc(F)cc2)C1. The van der Waals surface area contributed by atoms with Crippen molar-refractivity contribution in [1.82, 2.24) is 4.31 Å². The van der Waals surface area contributed by atoms with Crippen molar-refractivity contribution in [3.63, 3.8) is 0 Å². The van der Waals surface area contributed by atoms with E-state index in [2.05, 4.69) is 5.32 Å². The molecule has 1 amide bonds. The van der Waals surface area contributed by atoms with Crippen LogP contribution in [0.4, 0.5) is 10.1 Å². The van der Waals surface area contributed by atoms with Crippen molar-refractivity contribution in [2.75, 3.05) is 18.4 Å². The molecule has 0 spiro atoms. The third-order valence-corrected chi connectivity index (χ3v) is 6.82. The predicted molar refractivity (Wildman–Crippen MR) is 102 cm³/mol. The molecule has 1 heterocycles. The number of para-hydroxylation sites is 1. The topological polar surface area (TPSA) is 66.5 Å². The molecule has 2 aromatic carbocycles. The smallest absolute Gasteiger partial charge is 0.243 e. The third-order valence-electron chi connectivity index (χ3n) is 4.94. The zero-order valence-electron chi connectivity index (χ0n) is 15.4. The van der Waals surface area contributed by atoms with Crippen LogP contribution in [0.25, 0.3) is 0 Å². The number of halogens is 1. The Morgan fingerprint density at radius 2 is 1.74 bits per heavy atom. The highest BCUT2D eigenvalue weighted by Crippen LogP contribution is 2.26. The van der Waals surface area contributed by atoms with Crippen LogP contribution in [-0.4, -0.2) is 31.7 Å². The molecular formula is C20H23FN2O3S. The van der Waals surface area contributed by atoms with Crippen LogP contribution >= 0.6 is 0 Å². The van der Waals surface area contributed by atoms with E-state index in [0.29, 0.717) is 19.4 Å². The molecular weight excluding hydrogens is 367 g/mol. The van der Waals surface area contributed by atoms with Crippen LogP contribution in [0.1, 0.15) is 24.0 Å². The van der Waals surface area contributed by atoms with Crippen LogP contribution in [0, 0.1) is 25.6 Å². The molecule has 1 saturated heterocycles. The Hall–Kier alpha value is -2.25. The minimum atomic E-state index is -3.75. The van der Waals surface area contributed by atoms with Gasteiger partial charge in [0.15, 0.2) is 0 Å². The molecule has 1 aliphatic rings. The first-order valence-corrected chi connectivity index (χ1v) is 10.4. The molecule has 1 atom stereocenters. The summed E-state index contributed by atoms with van der Waals surface area (Å²) in [5.41, 5.74) is 2.71. The molecule has 0 aliphatic carbocycles. The maximum atomic E-state index is 13.1. The van der Waals surface area contributed by atoms with E-state index in [4.69, 9.17) is 0 Å². The molecule has 144 valence electrons. The fourth-order valence-electron chi connectivity index (χ4n) is 3.37. The van der Waals surface area contributed by atoms with E-state index < -0.39 is 21.8 Å². The second-order valence-electron chi connectivity index (χ2n) is 6.91. The van der Waals surface area contributed by atoms with Crippen molar-refractivity contribution in [3.05, 3.63) is 59.4 Å². The number of carbonyl (C=O) groups is 1. The molecule has 2 aromatic rings. The summed E-state index contributed by atoms with van der Waals surface area (Å²) in [6, 6.07) is 10.5. The Balaban J connectivity index is 1.75. The molecule has 0 radical (unpaired) electrons. The van der Waals surface area contributed by atoms with Gasteiger partial charge in [-0.3, -0.25) is 4.79 Å². The maximum Gasteiger partial charge on any atom is 0.243 e. The average Bonchev–Trinajstić information content (AvgIpc) is 2.65. The van der Waals surface area contributed by atoms with Crippen molar-refractivity contribution >= 4 is 21.6 Å². The molecule has 1 N–H and O–H groups in total. The number of amides is 1. The number of nitrogens with zero attached hydrogens (tertiary/aromatic N) is 1. The standard InChI is InChI=1S/C20H23FN2O3S/c1-14-5-3-6-15(2)19(14)22-20(24)16-7-4-12-23(13-16)27(25,26)18-10-8-17(21)9-11-18/h3,5-6,8-11,16H,4,7,12-13H2,1-2H3,(H,22,24). The number of aryl methyl sites for hydroxylation is 2. The number of benzene rings is 2. The van der Waals surface area contributed by atoms with Crippen LogP contribution in [0.5, 0.6) is 0 Å². The van der Waals surface area contributed by atoms with E-state index in [1.54, 1.807) is 0 Å². The normalized spacial score (nSPS) is 18.3. The van der Waals surface area contributed by atoms with E-state index in [-0.39, 0.29) is 17.3 Å². The van der Waals surface area contributed by atoms with Gasteiger partial charge >= 0.3 is 0 Å². The van der Waals surface area contributed by atoms with Crippen LogP contribution in [0.3, 0.4) is 0 Å². The lowest BCUT2D eigenvalue weighted by Crippen LogP contribution is -2.43. The van der Waals surface area contributed by atoms with Gasteiger partial charge in [-0.15, -0.1) is 0 Å². The van der Waals surface area contributed by atoms with Crippen molar-refractivity contribution < 1.29 is 17.6 Å². The fraction of sp³-hybridized carbons (Fsp3) is 0.350. The van der Waals surface area contributed by atoms with Gasteiger partial charge in [0.1, 0.15) is 5.82 Å². The predicted octanol–water partition coefficient (Wildman–Crippen LogP) is 3.48. The van der Waals surface area contributed by atoms with Crippen molar-refractivity contribution in [2.24, 2.45) is 5.92 Å². The van der Waals surface area contributed by atoms with Gasteiger partial charge in [0.05, 0.1) is 10.8 Å². The molecule has 3 rings (SSSR count). The Labute approximate surface area is 159 Å². The largest absolute Gasteiger partial charge is 0.325 e. The molecule has 0 bridgehead atoms.